The molecule has 0 unspecified atom stereocenters. The number of aromatic nitrogens is 2. The number of benzene rings is 2. The molecule has 3 aromatic rings. The van der Waals surface area contributed by atoms with Crippen LogP contribution < -0.4 is 9.62 Å². The highest BCUT2D eigenvalue weighted by Gasteiger charge is 2.15. The lowest BCUT2D eigenvalue weighted by Gasteiger charge is -2.19. The quantitative estimate of drug-likeness (QED) is 0.647. The Morgan fingerprint density at radius 3 is 2.50 bits per heavy atom. The van der Waals surface area contributed by atoms with Gasteiger partial charge in [0.15, 0.2) is 0 Å². The first-order chi connectivity index (χ1) is 13.3. The second kappa shape index (κ2) is 8.30. The van der Waals surface area contributed by atoms with Gasteiger partial charge < -0.3 is 4.90 Å². The highest BCUT2D eigenvalue weighted by molar-refractivity contribution is 7.92. The number of nitrogens with one attached hydrogen (secondary N) is 1. The van der Waals surface area contributed by atoms with Gasteiger partial charge in [-0.15, -0.1) is 0 Å². The van der Waals surface area contributed by atoms with Crippen molar-refractivity contribution in [1.29, 1.82) is 0 Å². The molecule has 0 aliphatic carbocycles. The lowest BCUT2D eigenvalue weighted by Crippen LogP contribution is -2.18. The maximum absolute atomic E-state index is 12.8. The molecule has 0 saturated heterocycles. The fourth-order valence-corrected chi connectivity index (χ4v) is 3.66. The van der Waals surface area contributed by atoms with E-state index in [1.165, 1.54) is 18.2 Å². The summed E-state index contributed by atoms with van der Waals surface area (Å²) in [5.74, 6) is 0.348. The van der Waals surface area contributed by atoms with Gasteiger partial charge in [-0.25, -0.2) is 27.2 Å². The van der Waals surface area contributed by atoms with Crippen molar-refractivity contribution in [2.24, 2.45) is 0 Å². The van der Waals surface area contributed by atoms with Crippen molar-refractivity contribution in [2.75, 3.05) is 16.7 Å². The second-order valence-corrected chi connectivity index (χ2v) is 7.76. The molecular weight excluding hydrogens is 386 g/mol. The minimum Gasteiger partial charge on any atom is -0.355 e. The van der Waals surface area contributed by atoms with Gasteiger partial charge in [-0.3, -0.25) is 4.72 Å². The van der Waals surface area contributed by atoms with Crippen molar-refractivity contribution in [2.45, 2.75) is 17.9 Å². The number of hydrogen-bond acceptors (Lipinski definition) is 5. The molecule has 3 rings (SSSR count). The van der Waals surface area contributed by atoms with E-state index < -0.39 is 16.4 Å². The van der Waals surface area contributed by atoms with E-state index >= 15 is 0 Å². The Morgan fingerprint density at radius 2 is 1.79 bits per heavy atom. The minimum atomic E-state index is -3.69. The molecule has 0 fully saturated rings. The van der Waals surface area contributed by atoms with Gasteiger partial charge >= 0.3 is 0 Å². The summed E-state index contributed by atoms with van der Waals surface area (Å²) in [6, 6.07) is 16.1. The van der Waals surface area contributed by atoms with Crippen LogP contribution in [0.25, 0.3) is 0 Å². The molecule has 6 nitrogen and oxygen atoms in total. The van der Waals surface area contributed by atoms with E-state index in [1.807, 2.05) is 6.07 Å². The van der Waals surface area contributed by atoms with Crippen molar-refractivity contribution in [1.82, 2.24) is 9.97 Å². The predicted octanol–water partition coefficient (Wildman–Crippen LogP) is 3.85. The zero-order valence-corrected chi connectivity index (χ0v) is 15.8. The Hall–Kier alpha value is -3.07. The number of rotatable bonds is 7. The Balaban J connectivity index is 1.76. The average molecular weight is 404 g/mol. The molecule has 0 saturated carbocycles. The molecule has 1 aromatic heterocycles. The lowest BCUT2D eigenvalue weighted by molar-refractivity contribution is 0.146. The zero-order valence-electron chi connectivity index (χ0n) is 15.0. The SMILES string of the molecule is CN(Cc1cccc(NS(=O)(=O)c2ccccc2)c1)c1cc(C(F)F)ncn1. The zero-order chi connectivity index (χ0) is 20.1. The molecule has 0 spiro atoms. The van der Waals surface area contributed by atoms with Crippen molar-refractivity contribution in [3.05, 3.63) is 78.2 Å². The highest BCUT2D eigenvalue weighted by atomic mass is 32.2. The van der Waals surface area contributed by atoms with Crippen LogP contribution in [0.15, 0.2) is 71.9 Å². The number of alkyl halides is 2. The van der Waals surface area contributed by atoms with Crippen molar-refractivity contribution < 1.29 is 17.2 Å². The van der Waals surface area contributed by atoms with Crippen LogP contribution in [0.1, 0.15) is 17.7 Å². The van der Waals surface area contributed by atoms with Crippen LogP contribution >= 0.6 is 0 Å². The fraction of sp³-hybridized carbons (Fsp3) is 0.158. The molecule has 146 valence electrons. The summed E-state index contributed by atoms with van der Waals surface area (Å²) in [6.07, 6.45) is -1.58. The summed E-state index contributed by atoms with van der Waals surface area (Å²) in [5, 5.41) is 0. The van der Waals surface area contributed by atoms with Gasteiger partial charge in [0.1, 0.15) is 17.8 Å². The van der Waals surface area contributed by atoms with Crippen molar-refractivity contribution in [3.8, 4) is 0 Å². The van der Waals surface area contributed by atoms with Crippen LogP contribution in [-0.2, 0) is 16.6 Å². The van der Waals surface area contributed by atoms with Crippen LogP contribution in [-0.4, -0.2) is 25.4 Å². The maximum Gasteiger partial charge on any atom is 0.280 e. The van der Waals surface area contributed by atoms with Crippen LogP contribution in [0.3, 0.4) is 0 Å². The fourth-order valence-electron chi connectivity index (χ4n) is 2.59. The van der Waals surface area contributed by atoms with Crippen LogP contribution in [0.4, 0.5) is 20.3 Å². The van der Waals surface area contributed by atoms with Gasteiger partial charge in [0, 0.05) is 25.3 Å². The van der Waals surface area contributed by atoms with E-state index in [0.717, 1.165) is 11.9 Å². The van der Waals surface area contributed by atoms with Crippen molar-refractivity contribution >= 4 is 21.5 Å². The van der Waals surface area contributed by atoms with E-state index in [2.05, 4.69) is 14.7 Å². The summed E-state index contributed by atoms with van der Waals surface area (Å²) >= 11 is 0. The molecular formula is C19H18F2N4O2S. The molecule has 0 atom stereocenters. The lowest BCUT2D eigenvalue weighted by atomic mass is 10.2. The third-order valence-corrected chi connectivity index (χ3v) is 5.34. The number of nitrogens with zero attached hydrogens (tertiary/aromatic N) is 3. The molecule has 0 bridgehead atoms. The maximum atomic E-state index is 12.8. The smallest absolute Gasteiger partial charge is 0.280 e. The molecule has 2 aromatic carbocycles. The van der Waals surface area contributed by atoms with Gasteiger partial charge in [-0.1, -0.05) is 30.3 Å². The topological polar surface area (TPSA) is 75.2 Å². The first kappa shape index (κ1) is 19.7. The number of hydrogen-bond donors (Lipinski definition) is 1. The van der Waals surface area contributed by atoms with Gasteiger partial charge in [-0.05, 0) is 29.8 Å². The number of sulfonamides is 1. The first-order valence-corrected chi connectivity index (χ1v) is 9.81. The monoisotopic (exact) mass is 404 g/mol. The minimum absolute atomic E-state index is 0.165. The van der Waals surface area contributed by atoms with Crippen LogP contribution in [0, 0.1) is 0 Å². The van der Waals surface area contributed by atoms with E-state index in [9.17, 15) is 17.2 Å². The molecule has 1 heterocycles. The van der Waals surface area contributed by atoms with Crippen LogP contribution in [0.2, 0.25) is 0 Å². The molecule has 0 radical (unpaired) electrons. The normalized spacial score (nSPS) is 11.4. The molecule has 9 heteroatoms. The van der Waals surface area contributed by atoms with E-state index in [0.29, 0.717) is 18.1 Å². The summed E-state index contributed by atoms with van der Waals surface area (Å²) in [5.41, 5.74) is 0.847. The first-order valence-electron chi connectivity index (χ1n) is 8.33. The van der Waals surface area contributed by atoms with Crippen molar-refractivity contribution in [3.63, 3.8) is 0 Å². The van der Waals surface area contributed by atoms with Gasteiger partial charge in [0.05, 0.1) is 4.90 Å². The third kappa shape index (κ3) is 4.80. The van der Waals surface area contributed by atoms with Gasteiger partial charge in [-0.2, -0.15) is 0 Å². The summed E-state index contributed by atoms with van der Waals surface area (Å²) in [4.78, 5) is 9.40. The molecule has 0 aliphatic rings. The van der Waals surface area contributed by atoms with E-state index in [-0.39, 0.29) is 10.6 Å². The summed E-state index contributed by atoms with van der Waals surface area (Å²) in [6.45, 7) is 0.348. The predicted molar refractivity (Wildman–Crippen MR) is 103 cm³/mol. The van der Waals surface area contributed by atoms with Gasteiger partial charge in [0.25, 0.3) is 16.4 Å². The molecule has 28 heavy (non-hydrogen) atoms. The van der Waals surface area contributed by atoms with E-state index in [4.69, 9.17) is 0 Å². The molecule has 0 aliphatic heterocycles. The molecule has 0 amide bonds. The summed E-state index contributed by atoms with van der Waals surface area (Å²) < 4.78 is 53.1. The largest absolute Gasteiger partial charge is 0.355 e. The van der Waals surface area contributed by atoms with Crippen LogP contribution in [0.5, 0.6) is 0 Å². The Morgan fingerprint density at radius 1 is 1.04 bits per heavy atom. The Labute approximate surface area is 161 Å². The number of anilines is 2. The average Bonchev–Trinajstić information content (AvgIpc) is 2.68. The van der Waals surface area contributed by atoms with Gasteiger partial charge in [0.2, 0.25) is 0 Å². The standard InChI is InChI=1S/C19H18F2N4O2S/c1-25(18-11-17(19(20)21)22-13-23-18)12-14-6-5-7-15(10-14)24-28(26,27)16-8-3-2-4-9-16/h2-11,13,19,24H,12H2,1H3. The third-order valence-electron chi connectivity index (χ3n) is 3.94. The Bertz CT molecular complexity index is 1050. The van der Waals surface area contributed by atoms with E-state index in [1.54, 1.807) is 48.3 Å². The second-order valence-electron chi connectivity index (χ2n) is 6.08. The number of halogens is 2. The molecule has 1 N–H and O–H groups in total. The summed E-state index contributed by atoms with van der Waals surface area (Å²) in [7, 11) is -1.99. The Kier molecular flexibility index (Phi) is 5.84. The highest BCUT2D eigenvalue weighted by Crippen LogP contribution is 2.22.